The van der Waals surface area contributed by atoms with Gasteiger partial charge >= 0.3 is 5.97 Å². The maximum absolute atomic E-state index is 12.7. The summed E-state index contributed by atoms with van der Waals surface area (Å²) in [5.74, 6) is -0.163. The van der Waals surface area contributed by atoms with Crippen LogP contribution in [0.1, 0.15) is 47.4 Å². The third kappa shape index (κ3) is 5.08. The van der Waals surface area contributed by atoms with Gasteiger partial charge in [0.25, 0.3) is 5.91 Å². The molecule has 6 heteroatoms. The largest absolute Gasteiger partial charge is 0.467 e. The molecule has 0 saturated heterocycles. The third-order valence-corrected chi connectivity index (χ3v) is 4.51. The van der Waals surface area contributed by atoms with Crippen molar-refractivity contribution in [1.29, 1.82) is 0 Å². The number of amides is 1. The summed E-state index contributed by atoms with van der Waals surface area (Å²) in [5, 5.41) is 9.05. The van der Waals surface area contributed by atoms with Crippen molar-refractivity contribution in [2.75, 3.05) is 6.61 Å². The lowest BCUT2D eigenvalue weighted by Crippen LogP contribution is -2.34. The van der Waals surface area contributed by atoms with Crippen LogP contribution in [0.25, 0.3) is 0 Å². The quantitative estimate of drug-likeness (QED) is 0.757. The average molecular weight is 369 g/mol. The van der Waals surface area contributed by atoms with Crippen LogP contribution in [0.3, 0.4) is 0 Å². The fourth-order valence-corrected chi connectivity index (χ4v) is 3.01. The van der Waals surface area contributed by atoms with Crippen molar-refractivity contribution in [1.82, 2.24) is 4.90 Å². The monoisotopic (exact) mass is 369 g/mol. The van der Waals surface area contributed by atoms with Crippen LogP contribution < -0.4 is 0 Å². The van der Waals surface area contributed by atoms with Gasteiger partial charge < -0.3 is 19.2 Å². The summed E-state index contributed by atoms with van der Waals surface area (Å²) in [6.45, 7) is -0.107. The van der Waals surface area contributed by atoms with Gasteiger partial charge in [0.2, 0.25) is 0 Å². The Morgan fingerprint density at radius 3 is 2.59 bits per heavy atom. The maximum Gasteiger partial charge on any atom is 0.338 e. The molecule has 142 valence electrons. The molecular formula is C21H23NO5. The van der Waals surface area contributed by atoms with Crippen molar-refractivity contribution >= 4 is 11.9 Å². The van der Waals surface area contributed by atoms with Crippen LogP contribution >= 0.6 is 0 Å². The number of aliphatic hydroxyl groups is 1. The smallest absolute Gasteiger partial charge is 0.338 e. The van der Waals surface area contributed by atoms with Gasteiger partial charge in [-0.15, -0.1) is 0 Å². The Bertz CT molecular complexity index is 792. The van der Waals surface area contributed by atoms with E-state index in [-0.39, 0.29) is 19.1 Å². The van der Waals surface area contributed by atoms with Gasteiger partial charge in [-0.25, -0.2) is 4.79 Å². The summed E-state index contributed by atoms with van der Waals surface area (Å²) in [6.07, 6.45) is 7.55. The molecule has 1 aliphatic carbocycles. The number of furan rings is 1. The van der Waals surface area contributed by atoms with Crippen LogP contribution in [-0.4, -0.2) is 28.5 Å². The molecule has 0 spiro atoms. The minimum atomic E-state index is -0.566. The number of allylic oxidation sites excluding steroid dienone is 2. The predicted molar refractivity (Wildman–Crippen MR) is 98.5 cm³/mol. The highest BCUT2D eigenvalue weighted by molar-refractivity contribution is 5.91. The van der Waals surface area contributed by atoms with E-state index in [4.69, 9.17) is 14.3 Å². The highest BCUT2D eigenvalue weighted by Gasteiger charge is 2.22. The second-order valence-electron chi connectivity index (χ2n) is 6.43. The molecule has 0 atom stereocenters. The number of aliphatic hydroxyl groups excluding tert-OH is 1. The fraction of sp³-hybridized carbons (Fsp3) is 0.333. The third-order valence-electron chi connectivity index (χ3n) is 4.51. The van der Waals surface area contributed by atoms with Crippen molar-refractivity contribution in [3.63, 3.8) is 0 Å². The number of benzene rings is 1. The normalized spacial score (nSPS) is 13.7. The summed E-state index contributed by atoms with van der Waals surface area (Å²) in [4.78, 5) is 26.6. The number of hydrogen-bond acceptors (Lipinski definition) is 5. The fourth-order valence-electron chi connectivity index (χ4n) is 3.01. The number of ether oxygens (including phenoxy) is 1. The zero-order valence-corrected chi connectivity index (χ0v) is 15.1. The molecular weight excluding hydrogens is 346 g/mol. The van der Waals surface area contributed by atoms with Crippen molar-refractivity contribution < 1.29 is 23.8 Å². The predicted octanol–water partition coefficient (Wildman–Crippen LogP) is 3.42. The highest BCUT2D eigenvalue weighted by atomic mass is 16.5. The molecule has 1 aliphatic rings. The van der Waals surface area contributed by atoms with Crippen molar-refractivity contribution in [2.24, 2.45) is 0 Å². The minimum Gasteiger partial charge on any atom is -0.467 e. The Morgan fingerprint density at radius 1 is 1.15 bits per heavy atom. The molecule has 1 aromatic carbocycles. The first-order chi connectivity index (χ1) is 13.2. The van der Waals surface area contributed by atoms with Crippen LogP contribution in [0.4, 0.5) is 0 Å². The van der Waals surface area contributed by atoms with Crippen molar-refractivity contribution in [2.45, 2.75) is 38.8 Å². The zero-order valence-electron chi connectivity index (χ0n) is 15.1. The summed E-state index contributed by atoms with van der Waals surface area (Å²) < 4.78 is 10.6. The van der Waals surface area contributed by atoms with Crippen LogP contribution in [0.5, 0.6) is 0 Å². The molecule has 2 aromatic rings. The first-order valence-corrected chi connectivity index (χ1v) is 9.06. The highest BCUT2D eigenvalue weighted by Crippen LogP contribution is 2.23. The van der Waals surface area contributed by atoms with E-state index < -0.39 is 5.97 Å². The molecule has 27 heavy (non-hydrogen) atoms. The van der Waals surface area contributed by atoms with Gasteiger partial charge in [0.15, 0.2) is 6.61 Å². The van der Waals surface area contributed by atoms with Gasteiger partial charge in [-0.2, -0.15) is 0 Å². The second-order valence-corrected chi connectivity index (χ2v) is 6.43. The Labute approximate surface area is 158 Å². The molecule has 3 rings (SSSR count). The van der Waals surface area contributed by atoms with E-state index in [1.54, 1.807) is 41.5 Å². The summed E-state index contributed by atoms with van der Waals surface area (Å²) in [5.41, 5.74) is 2.00. The van der Waals surface area contributed by atoms with E-state index in [9.17, 15) is 9.59 Å². The summed E-state index contributed by atoms with van der Waals surface area (Å²) >= 11 is 0. The van der Waals surface area contributed by atoms with Crippen LogP contribution in [0.15, 0.2) is 58.9 Å². The van der Waals surface area contributed by atoms with Gasteiger partial charge in [0.05, 0.1) is 25.0 Å². The number of nitrogens with zero attached hydrogens (tertiary/aromatic N) is 1. The lowest BCUT2D eigenvalue weighted by molar-refractivity contribution is -0.133. The Balaban J connectivity index is 1.64. The lowest BCUT2D eigenvalue weighted by Gasteiger charge is -2.26. The molecule has 0 bridgehead atoms. The maximum atomic E-state index is 12.7. The van der Waals surface area contributed by atoms with E-state index in [0.29, 0.717) is 23.4 Å². The summed E-state index contributed by atoms with van der Waals surface area (Å²) in [6, 6.07) is 10.0. The standard InChI is InChI=1S/C21H23NO5/c23-14-16-8-10-17(11-9-16)21(25)27-15-20(24)22(13-19-7-4-12-26-19)18-5-2-1-3-6-18/h4-5,7-12,23H,1-3,6,13-15H2. The Kier molecular flexibility index (Phi) is 6.44. The molecule has 0 radical (unpaired) electrons. The number of hydrogen-bond donors (Lipinski definition) is 1. The SMILES string of the molecule is O=C(OCC(=O)N(Cc1ccco1)C1=CCCCC1)c1ccc(CO)cc1. The van der Waals surface area contributed by atoms with Crippen molar-refractivity contribution in [3.05, 3.63) is 71.3 Å². The summed E-state index contributed by atoms with van der Waals surface area (Å²) in [7, 11) is 0. The Morgan fingerprint density at radius 2 is 1.96 bits per heavy atom. The van der Waals surface area contributed by atoms with E-state index in [1.165, 1.54) is 0 Å². The van der Waals surface area contributed by atoms with E-state index in [2.05, 4.69) is 6.08 Å². The Hall–Kier alpha value is -2.86. The minimum absolute atomic E-state index is 0.0926. The van der Waals surface area contributed by atoms with Gasteiger partial charge in [0, 0.05) is 5.70 Å². The molecule has 1 amide bonds. The first-order valence-electron chi connectivity index (χ1n) is 9.06. The molecule has 0 saturated carbocycles. The first kappa shape index (κ1) is 18.9. The molecule has 6 nitrogen and oxygen atoms in total. The van der Waals surface area contributed by atoms with Crippen molar-refractivity contribution in [3.8, 4) is 0 Å². The zero-order chi connectivity index (χ0) is 19.1. The van der Waals surface area contributed by atoms with Gasteiger partial charge in [-0.05, 0) is 55.5 Å². The number of rotatable bonds is 7. The van der Waals surface area contributed by atoms with E-state index >= 15 is 0 Å². The van der Waals surface area contributed by atoms with Gasteiger partial charge in [0.1, 0.15) is 5.76 Å². The van der Waals surface area contributed by atoms with Gasteiger partial charge in [-0.3, -0.25) is 4.79 Å². The van der Waals surface area contributed by atoms with E-state index in [0.717, 1.165) is 31.4 Å². The lowest BCUT2D eigenvalue weighted by atomic mass is 10.0. The molecule has 0 unspecified atom stereocenters. The number of carbonyl (C=O) groups is 2. The molecule has 1 N–H and O–H groups in total. The second kappa shape index (κ2) is 9.19. The molecule has 1 heterocycles. The van der Waals surface area contributed by atoms with Crippen LogP contribution in [0.2, 0.25) is 0 Å². The van der Waals surface area contributed by atoms with Crippen LogP contribution in [-0.2, 0) is 22.7 Å². The van der Waals surface area contributed by atoms with Crippen LogP contribution in [0, 0.1) is 0 Å². The van der Waals surface area contributed by atoms with E-state index in [1.807, 2.05) is 6.07 Å². The average Bonchev–Trinajstić information content (AvgIpc) is 3.24. The van der Waals surface area contributed by atoms with Gasteiger partial charge in [-0.1, -0.05) is 18.2 Å². The molecule has 1 aromatic heterocycles. The topological polar surface area (TPSA) is 80.0 Å². The number of carbonyl (C=O) groups excluding carboxylic acids is 2. The number of esters is 1. The molecule has 0 fully saturated rings. The molecule has 0 aliphatic heterocycles.